The summed E-state index contributed by atoms with van der Waals surface area (Å²) in [6, 6.07) is 3.35. The molecule has 0 amide bonds. The number of hydrogen-bond donors (Lipinski definition) is 0. The maximum absolute atomic E-state index is 10.3. The molecule has 0 N–H and O–H groups in total. The molecule has 11 heavy (non-hydrogen) atoms. The third kappa shape index (κ3) is 1.55. The van der Waals surface area contributed by atoms with Gasteiger partial charge in [-0.25, -0.2) is 4.98 Å². The summed E-state index contributed by atoms with van der Waals surface area (Å²) in [5.74, 6) is 0.535. The molecule has 0 aliphatic heterocycles. The molecule has 3 heteroatoms. The van der Waals surface area contributed by atoms with Crippen LogP contribution in [0.3, 0.4) is 0 Å². The van der Waals surface area contributed by atoms with Crippen LogP contribution in [-0.2, 0) is 0 Å². The van der Waals surface area contributed by atoms with E-state index in [1.807, 2.05) is 0 Å². The lowest BCUT2D eigenvalue weighted by Crippen LogP contribution is -1.93. The van der Waals surface area contributed by atoms with Crippen LogP contribution in [-0.4, -0.2) is 18.4 Å². The number of rotatable bonds is 2. The highest BCUT2D eigenvalue weighted by atomic mass is 16.5. The van der Waals surface area contributed by atoms with Crippen LogP contribution in [0.2, 0.25) is 0 Å². The van der Waals surface area contributed by atoms with Crippen LogP contribution in [0.5, 0.6) is 5.88 Å². The number of carbonyl (C=O) groups is 1. The molecule has 0 fully saturated rings. The first-order chi connectivity index (χ1) is 5.27. The van der Waals surface area contributed by atoms with Gasteiger partial charge in [-0.1, -0.05) is 0 Å². The van der Waals surface area contributed by atoms with Crippen molar-refractivity contribution in [3.8, 4) is 5.88 Å². The molecule has 0 aromatic carbocycles. The van der Waals surface area contributed by atoms with Gasteiger partial charge in [0.15, 0.2) is 6.29 Å². The van der Waals surface area contributed by atoms with Crippen molar-refractivity contribution in [3.63, 3.8) is 0 Å². The number of methoxy groups -OCH3 is 1. The quantitative estimate of drug-likeness (QED) is 0.596. The lowest BCUT2D eigenvalue weighted by atomic mass is 10.2. The lowest BCUT2D eigenvalue weighted by Gasteiger charge is -2.00. The Kier molecular flexibility index (Phi) is 2.21. The van der Waals surface area contributed by atoms with E-state index in [1.165, 1.54) is 0 Å². The molecular formula is C8H9NO2. The van der Waals surface area contributed by atoms with E-state index in [4.69, 9.17) is 4.74 Å². The predicted octanol–water partition coefficient (Wildman–Crippen LogP) is 1.21. The Balaban J connectivity index is 3.09. The second kappa shape index (κ2) is 3.14. The van der Waals surface area contributed by atoms with Gasteiger partial charge in [-0.3, -0.25) is 4.79 Å². The van der Waals surface area contributed by atoms with Crippen LogP contribution in [0.15, 0.2) is 12.1 Å². The smallest absolute Gasteiger partial charge is 0.213 e. The monoisotopic (exact) mass is 151 g/mol. The van der Waals surface area contributed by atoms with Crippen LogP contribution in [0.1, 0.15) is 16.1 Å². The Bertz CT molecular complexity index is 271. The van der Waals surface area contributed by atoms with Gasteiger partial charge in [-0.2, -0.15) is 0 Å². The fraction of sp³-hybridized carbons (Fsp3) is 0.250. The predicted molar refractivity (Wildman–Crippen MR) is 40.9 cm³/mol. The molecule has 0 atom stereocenters. The molecule has 0 saturated heterocycles. The van der Waals surface area contributed by atoms with E-state index < -0.39 is 0 Å². The standard InChI is InChI=1S/C8H9NO2/c1-6-7(5-10)3-4-8(9-6)11-2/h3-5H,1-2H3. The van der Waals surface area contributed by atoms with E-state index in [1.54, 1.807) is 26.2 Å². The summed E-state index contributed by atoms with van der Waals surface area (Å²) in [7, 11) is 1.54. The zero-order valence-electron chi connectivity index (χ0n) is 6.50. The maximum atomic E-state index is 10.3. The second-order valence-electron chi connectivity index (χ2n) is 2.15. The van der Waals surface area contributed by atoms with Gasteiger partial charge in [0.25, 0.3) is 0 Å². The minimum Gasteiger partial charge on any atom is -0.481 e. The Hall–Kier alpha value is -1.38. The average Bonchev–Trinajstić information content (AvgIpc) is 2.04. The van der Waals surface area contributed by atoms with Crippen molar-refractivity contribution in [2.24, 2.45) is 0 Å². The van der Waals surface area contributed by atoms with Crippen LogP contribution < -0.4 is 4.74 Å². The van der Waals surface area contributed by atoms with Gasteiger partial charge in [-0.15, -0.1) is 0 Å². The number of pyridine rings is 1. The minimum absolute atomic E-state index is 0.535. The van der Waals surface area contributed by atoms with Gasteiger partial charge in [0.1, 0.15) is 0 Å². The van der Waals surface area contributed by atoms with Crippen molar-refractivity contribution in [2.45, 2.75) is 6.92 Å². The molecule has 1 heterocycles. The number of hydrogen-bond acceptors (Lipinski definition) is 3. The molecule has 0 saturated carbocycles. The maximum Gasteiger partial charge on any atom is 0.213 e. The van der Waals surface area contributed by atoms with Crippen molar-refractivity contribution in [1.29, 1.82) is 0 Å². The highest BCUT2D eigenvalue weighted by molar-refractivity contribution is 5.76. The largest absolute Gasteiger partial charge is 0.481 e. The van der Waals surface area contributed by atoms with E-state index in [2.05, 4.69) is 4.98 Å². The number of aromatic nitrogens is 1. The highest BCUT2D eigenvalue weighted by Crippen LogP contribution is 2.09. The van der Waals surface area contributed by atoms with Crippen molar-refractivity contribution in [3.05, 3.63) is 23.4 Å². The van der Waals surface area contributed by atoms with Crippen LogP contribution in [0.25, 0.3) is 0 Å². The number of aryl methyl sites for hydroxylation is 1. The molecule has 1 aromatic rings. The highest BCUT2D eigenvalue weighted by Gasteiger charge is 1.98. The van der Waals surface area contributed by atoms with Gasteiger partial charge >= 0.3 is 0 Å². The molecule has 0 aliphatic carbocycles. The molecule has 1 rings (SSSR count). The number of aldehydes is 1. The number of nitrogens with zero attached hydrogens (tertiary/aromatic N) is 1. The van der Waals surface area contributed by atoms with Crippen molar-refractivity contribution < 1.29 is 9.53 Å². The third-order valence-corrected chi connectivity index (χ3v) is 1.44. The normalized spacial score (nSPS) is 9.27. The molecule has 0 aliphatic rings. The summed E-state index contributed by atoms with van der Waals surface area (Å²) >= 11 is 0. The fourth-order valence-corrected chi connectivity index (χ4v) is 0.787. The van der Waals surface area contributed by atoms with Crippen LogP contribution >= 0.6 is 0 Å². The van der Waals surface area contributed by atoms with E-state index in [0.29, 0.717) is 17.1 Å². The van der Waals surface area contributed by atoms with E-state index in [0.717, 1.165) is 6.29 Å². The van der Waals surface area contributed by atoms with Crippen LogP contribution in [0, 0.1) is 6.92 Å². The first kappa shape index (κ1) is 7.72. The summed E-state index contributed by atoms with van der Waals surface area (Å²) in [4.78, 5) is 14.4. The first-order valence-corrected chi connectivity index (χ1v) is 3.24. The van der Waals surface area contributed by atoms with Gasteiger partial charge in [0, 0.05) is 11.6 Å². The number of carbonyl (C=O) groups excluding carboxylic acids is 1. The first-order valence-electron chi connectivity index (χ1n) is 3.24. The van der Waals surface area contributed by atoms with E-state index >= 15 is 0 Å². The third-order valence-electron chi connectivity index (χ3n) is 1.44. The zero-order chi connectivity index (χ0) is 8.27. The number of ether oxygens (including phenoxy) is 1. The van der Waals surface area contributed by atoms with Crippen molar-refractivity contribution in [1.82, 2.24) is 4.98 Å². The summed E-state index contributed by atoms with van der Waals surface area (Å²) in [5.41, 5.74) is 1.30. The van der Waals surface area contributed by atoms with E-state index in [-0.39, 0.29) is 0 Å². The Morgan fingerprint density at radius 1 is 1.55 bits per heavy atom. The van der Waals surface area contributed by atoms with Gasteiger partial charge in [-0.05, 0) is 13.0 Å². The molecular weight excluding hydrogens is 142 g/mol. The van der Waals surface area contributed by atoms with Crippen molar-refractivity contribution >= 4 is 6.29 Å². The zero-order valence-corrected chi connectivity index (χ0v) is 6.50. The molecule has 0 bridgehead atoms. The second-order valence-corrected chi connectivity index (χ2v) is 2.15. The van der Waals surface area contributed by atoms with Gasteiger partial charge in [0.2, 0.25) is 5.88 Å². The molecule has 3 nitrogen and oxygen atoms in total. The lowest BCUT2D eigenvalue weighted by molar-refractivity contribution is 0.112. The Morgan fingerprint density at radius 2 is 2.27 bits per heavy atom. The van der Waals surface area contributed by atoms with E-state index in [9.17, 15) is 4.79 Å². The van der Waals surface area contributed by atoms with Gasteiger partial charge < -0.3 is 4.74 Å². The summed E-state index contributed by atoms with van der Waals surface area (Å²) in [6.45, 7) is 1.77. The fourth-order valence-electron chi connectivity index (χ4n) is 0.787. The minimum atomic E-state index is 0.535. The molecule has 0 unspecified atom stereocenters. The summed E-state index contributed by atoms with van der Waals surface area (Å²) in [6.07, 6.45) is 0.780. The summed E-state index contributed by atoms with van der Waals surface area (Å²) in [5, 5.41) is 0. The van der Waals surface area contributed by atoms with Gasteiger partial charge in [0.05, 0.1) is 12.8 Å². The molecule has 0 radical (unpaired) electrons. The topological polar surface area (TPSA) is 39.2 Å². The average molecular weight is 151 g/mol. The SMILES string of the molecule is COc1ccc(C=O)c(C)n1. The molecule has 58 valence electrons. The van der Waals surface area contributed by atoms with Crippen LogP contribution in [0.4, 0.5) is 0 Å². The molecule has 1 aromatic heterocycles. The summed E-state index contributed by atoms with van der Waals surface area (Å²) < 4.78 is 4.87. The molecule has 0 spiro atoms. The Morgan fingerprint density at radius 3 is 2.73 bits per heavy atom. The van der Waals surface area contributed by atoms with Crippen molar-refractivity contribution in [2.75, 3.05) is 7.11 Å². The Labute approximate surface area is 65.0 Å².